The van der Waals surface area contributed by atoms with E-state index in [1.54, 1.807) is 0 Å². The predicted octanol–water partition coefficient (Wildman–Crippen LogP) is 4.48. The molecule has 2 bridgehead atoms. The first-order chi connectivity index (χ1) is 9.04. The van der Waals surface area contributed by atoms with E-state index in [1.807, 2.05) is 0 Å². The zero-order valence-electron chi connectivity index (χ0n) is 10.6. The van der Waals surface area contributed by atoms with Crippen LogP contribution in [0.25, 0.3) is 0 Å². The maximum Gasteiger partial charge on any atom is 0.142 e. The summed E-state index contributed by atoms with van der Waals surface area (Å²) in [6, 6.07) is 1.96. The molecule has 104 valence electrons. The lowest BCUT2D eigenvalue weighted by atomic mass is 9.83. The predicted molar refractivity (Wildman–Crippen MR) is 69.9 cm³/mol. The minimum atomic E-state index is -0.934. The number of fused-ring (bicyclic) bond motifs is 2. The van der Waals surface area contributed by atoms with Gasteiger partial charge >= 0.3 is 0 Å². The summed E-state index contributed by atoms with van der Waals surface area (Å²) in [5.41, 5.74) is 0.0321. The monoisotopic (exact) mass is 286 g/mol. The van der Waals surface area contributed by atoms with Crippen molar-refractivity contribution >= 4 is 11.6 Å². The van der Waals surface area contributed by atoms with Gasteiger partial charge in [0.1, 0.15) is 11.6 Å². The lowest BCUT2D eigenvalue weighted by Crippen LogP contribution is -2.15. The van der Waals surface area contributed by atoms with Crippen molar-refractivity contribution in [3.63, 3.8) is 0 Å². The molecule has 0 amide bonds. The van der Waals surface area contributed by atoms with Crippen molar-refractivity contribution in [2.45, 2.75) is 38.2 Å². The maximum atomic E-state index is 13.7. The van der Waals surface area contributed by atoms with Gasteiger partial charge in [-0.15, -0.1) is 0 Å². The largest absolute Gasteiger partial charge is 0.388 e. The third kappa shape index (κ3) is 2.50. The van der Waals surface area contributed by atoms with Gasteiger partial charge in [-0.25, -0.2) is 8.78 Å². The van der Waals surface area contributed by atoms with Crippen molar-refractivity contribution in [3.8, 4) is 0 Å². The van der Waals surface area contributed by atoms with Crippen LogP contribution in [0.3, 0.4) is 0 Å². The molecule has 19 heavy (non-hydrogen) atoms. The highest BCUT2D eigenvalue weighted by molar-refractivity contribution is 6.30. The lowest BCUT2D eigenvalue weighted by molar-refractivity contribution is 0.122. The van der Waals surface area contributed by atoms with E-state index < -0.39 is 17.7 Å². The molecule has 1 N–H and O–H groups in total. The van der Waals surface area contributed by atoms with Crippen molar-refractivity contribution in [1.82, 2.24) is 0 Å². The van der Waals surface area contributed by atoms with Gasteiger partial charge in [0.2, 0.25) is 0 Å². The summed E-state index contributed by atoms with van der Waals surface area (Å²) in [5.74, 6) is 0.605. The van der Waals surface area contributed by atoms with E-state index in [-0.39, 0.29) is 10.6 Å². The summed E-state index contributed by atoms with van der Waals surface area (Å²) >= 11 is 5.52. The van der Waals surface area contributed by atoms with Crippen molar-refractivity contribution in [2.75, 3.05) is 0 Å². The smallest absolute Gasteiger partial charge is 0.142 e. The van der Waals surface area contributed by atoms with Gasteiger partial charge in [-0.3, -0.25) is 0 Å². The number of rotatable bonds is 3. The molecule has 2 aliphatic rings. The topological polar surface area (TPSA) is 20.2 Å². The standard InChI is InChI=1S/C15H17ClF2O/c16-12-7-13(17)11(6-14(12)18)15(19)5-10-4-8-1-2-9(10)3-8/h6-10,15,19H,1-5H2. The second kappa shape index (κ2) is 5.02. The Balaban J connectivity index is 1.73. The zero-order chi connectivity index (χ0) is 13.6. The lowest BCUT2D eigenvalue weighted by Gasteiger charge is -2.24. The van der Waals surface area contributed by atoms with Gasteiger partial charge in [-0.1, -0.05) is 18.0 Å². The van der Waals surface area contributed by atoms with Crippen LogP contribution in [0.5, 0.6) is 0 Å². The summed E-state index contributed by atoms with van der Waals surface area (Å²) < 4.78 is 27.1. The number of aliphatic hydroxyl groups is 1. The molecule has 1 aromatic carbocycles. The molecule has 0 saturated heterocycles. The van der Waals surface area contributed by atoms with Crippen LogP contribution in [-0.4, -0.2) is 5.11 Å². The molecule has 4 atom stereocenters. The molecule has 0 heterocycles. The molecule has 1 aromatic rings. The van der Waals surface area contributed by atoms with Crippen LogP contribution < -0.4 is 0 Å². The SMILES string of the molecule is OC(CC1CC2CCC1C2)c1cc(F)c(Cl)cc1F. The number of hydrogen-bond donors (Lipinski definition) is 1. The Morgan fingerprint density at radius 3 is 2.63 bits per heavy atom. The molecule has 0 spiro atoms. The van der Waals surface area contributed by atoms with Gasteiger partial charge in [-0.05, 0) is 55.6 Å². The molecule has 1 nitrogen and oxygen atoms in total. The third-order valence-corrected chi connectivity index (χ3v) is 5.10. The minimum absolute atomic E-state index is 0.0321. The summed E-state index contributed by atoms with van der Waals surface area (Å²) in [5, 5.41) is 9.91. The second-order valence-electron chi connectivity index (χ2n) is 5.97. The zero-order valence-corrected chi connectivity index (χ0v) is 11.3. The average molecular weight is 287 g/mol. The van der Waals surface area contributed by atoms with E-state index in [0.29, 0.717) is 18.3 Å². The molecule has 4 unspecified atom stereocenters. The van der Waals surface area contributed by atoms with Crippen molar-refractivity contribution in [2.24, 2.45) is 17.8 Å². The molecule has 0 aliphatic heterocycles. The van der Waals surface area contributed by atoms with Gasteiger partial charge in [0.15, 0.2) is 0 Å². The Labute approximate surface area is 116 Å². The first-order valence-electron chi connectivity index (χ1n) is 6.87. The van der Waals surface area contributed by atoms with Crippen LogP contribution in [0.2, 0.25) is 5.02 Å². The van der Waals surface area contributed by atoms with E-state index in [1.165, 1.54) is 19.3 Å². The van der Waals surface area contributed by atoms with E-state index >= 15 is 0 Å². The fourth-order valence-electron chi connectivity index (χ4n) is 3.87. The number of benzene rings is 1. The normalized spacial score (nSPS) is 30.8. The Hall–Kier alpha value is -0.670. The van der Waals surface area contributed by atoms with Crippen LogP contribution in [0.1, 0.15) is 43.8 Å². The maximum absolute atomic E-state index is 13.7. The highest BCUT2D eigenvalue weighted by Crippen LogP contribution is 2.51. The number of hydrogen-bond acceptors (Lipinski definition) is 1. The average Bonchev–Trinajstić information content (AvgIpc) is 2.95. The quantitative estimate of drug-likeness (QED) is 0.813. The van der Waals surface area contributed by atoms with E-state index in [0.717, 1.165) is 24.5 Å². The Bertz CT molecular complexity index is 491. The van der Waals surface area contributed by atoms with Gasteiger partial charge in [0, 0.05) is 5.56 Å². The Morgan fingerprint density at radius 1 is 1.21 bits per heavy atom. The molecule has 4 heteroatoms. The molecule has 0 radical (unpaired) electrons. The van der Waals surface area contributed by atoms with E-state index in [2.05, 4.69) is 0 Å². The second-order valence-corrected chi connectivity index (χ2v) is 6.38. The van der Waals surface area contributed by atoms with Gasteiger partial charge in [0.05, 0.1) is 11.1 Å². The van der Waals surface area contributed by atoms with Gasteiger partial charge in [0.25, 0.3) is 0 Å². The van der Waals surface area contributed by atoms with E-state index in [4.69, 9.17) is 11.6 Å². The molecule has 3 rings (SSSR count). The Kier molecular flexibility index (Phi) is 3.52. The summed E-state index contributed by atoms with van der Waals surface area (Å²) in [6.07, 6.45) is 4.48. The molecule has 2 aliphatic carbocycles. The van der Waals surface area contributed by atoms with Crippen LogP contribution >= 0.6 is 11.6 Å². The minimum Gasteiger partial charge on any atom is -0.388 e. The highest BCUT2D eigenvalue weighted by atomic mass is 35.5. The van der Waals surface area contributed by atoms with E-state index in [9.17, 15) is 13.9 Å². The van der Waals surface area contributed by atoms with Crippen LogP contribution in [-0.2, 0) is 0 Å². The fraction of sp³-hybridized carbons (Fsp3) is 0.600. The molecule has 2 fully saturated rings. The molecular formula is C15H17ClF2O. The van der Waals surface area contributed by atoms with Crippen LogP contribution in [0.4, 0.5) is 8.78 Å². The Morgan fingerprint density at radius 2 is 2.00 bits per heavy atom. The first kappa shape index (κ1) is 13.3. The highest BCUT2D eigenvalue weighted by Gasteiger charge is 2.40. The van der Waals surface area contributed by atoms with Gasteiger partial charge in [-0.2, -0.15) is 0 Å². The molecule has 2 saturated carbocycles. The van der Waals surface area contributed by atoms with Crippen molar-refractivity contribution < 1.29 is 13.9 Å². The van der Waals surface area contributed by atoms with Crippen LogP contribution in [0, 0.1) is 29.4 Å². The summed E-state index contributed by atoms with van der Waals surface area (Å²) in [4.78, 5) is 0. The fourth-order valence-corrected chi connectivity index (χ4v) is 4.02. The summed E-state index contributed by atoms with van der Waals surface area (Å²) in [7, 11) is 0. The van der Waals surface area contributed by atoms with Crippen LogP contribution in [0.15, 0.2) is 12.1 Å². The van der Waals surface area contributed by atoms with Crippen molar-refractivity contribution in [1.29, 1.82) is 0 Å². The van der Waals surface area contributed by atoms with Gasteiger partial charge < -0.3 is 5.11 Å². The van der Waals surface area contributed by atoms with Crippen molar-refractivity contribution in [3.05, 3.63) is 34.4 Å². The summed E-state index contributed by atoms with van der Waals surface area (Å²) in [6.45, 7) is 0. The number of aliphatic hydroxyl groups excluding tert-OH is 1. The third-order valence-electron chi connectivity index (χ3n) is 4.81. The first-order valence-corrected chi connectivity index (χ1v) is 7.25. The number of halogens is 3. The molecule has 0 aromatic heterocycles. The molecular weight excluding hydrogens is 270 g/mol.